The second-order valence-electron chi connectivity index (χ2n) is 9.26. The van der Waals surface area contributed by atoms with E-state index in [0.29, 0.717) is 17.0 Å². The van der Waals surface area contributed by atoms with E-state index in [2.05, 4.69) is 15.1 Å². The number of allylic oxidation sites excluding steroid dienone is 1. The van der Waals surface area contributed by atoms with Crippen LogP contribution in [0.4, 0.5) is 18.9 Å². The molecule has 4 rings (SSSR count). The Labute approximate surface area is 206 Å². The molecule has 1 aliphatic rings. The summed E-state index contributed by atoms with van der Waals surface area (Å²) in [5.74, 6) is -1.93. The Morgan fingerprint density at radius 2 is 1.81 bits per heavy atom. The van der Waals surface area contributed by atoms with Gasteiger partial charge in [-0.15, -0.1) is 0 Å². The molecule has 6 nitrogen and oxygen atoms in total. The Morgan fingerprint density at radius 1 is 1.11 bits per heavy atom. The average Bonchev–Trinajstić information content (AvgIpc) is 3.21. The first kappa shape index (κ1) is 25.1. The number of furan rings is 1. The molecule has 3 aromatic rings. The number of ether oxygens (including phenoxy) is 1. The number of fused-ring (bicyclic) bond motifs is 1. The number of rotatable bonds is 5. The van der Waals surface area contributed by atoms with Crippen molar-refractivity contribution in [2.45, 2.75) is 38.9 Å². The lowest BCUT2D eigenvalue weighted by Gasteiger charge is -2.35. The molecule has 1 amide bonds. The van der Waals surface area contributed by atoms with Crippen LogP contribution in [0.2, 0.25) is 0 Å². The highest BCUT2D eigenvalue weighted by Crippen LogP contribution is 2.35. The predicted octanol–water partition coefficient (Wildman–Crippen LogP) is 6.02. The second kappa shape index (κ2) is 9.22. The molecule has 0 unspecified atom stereocenters. The van der Waals surface area contributed by atoms with Gasteiger partial charge >= 0.3 is 6.18 Å². The van der Waals surface area contributed by atoms with Crippen LogP contribution in [0, 0.1) is 6.92 Å². The van der Waals surface area contributed by atoms with Gasteiger partial charge in [-0.3, -0.25) is 9.59 Å². The Bertz CT molecular complexity index is 1350. The predicted molar refractivity (Wildman–Crippen MR) is 129 cm³/mol. The summed E-state index contributed by atoms with van der Waals surface area (Å²) in [6.45, 7) is 5.42. The second-order valence-corrected chi connectivity index (χ2v) is 9.26. The summed E-state index contributed by atoms with van der Waals surface area (Å²) in [4.78, 5) is 25.5. The highest BCUT2D eigenvalue weighted by atomic mass is 19.4. The van der Waals surface area contributed by atoms with Crippen molar-refractivity contribution in [1.82, 2.24) is 5.32 Å². The van der Waals surface area contributed by atoms with E-state index in [4.69, 9.17) is 4.74 Å². The number of alkyl halides is 3. The summed E-state index contributed by atoms with van der Waals surface area (Å²) >= 11 is 0. The third kappa shape index (κ3) is 5.30. The molecular weight excluding hydrogens is 473 g/mol. The van der Waals surface area contributed by atoms with Gasteiger partial charge in [-0.2, -0.15) is 13.2 Å². The molecule has 0 atom stereocenters. The molecule has 188 valence electrons. The highest BCUT2D eigenvalue weighted by Gasteiger charge is 2.40. The minimum Gasteiger partial charge on any atom is -0.497 e. The van der Waals surface area contributed by atoms with E-state index >= 15 is 0 Å². The number of hydrogen-bond donors (Lipinski definition) is 2. The maximum Gasteiger partial charge on any atom is 0.450 e. The Kier molecular flexibility index (Phi) is 6.43. The van der Waals surface area contributed by atoms with Crippen LogP contribution in [-0.4, -0.2) is 24.3 Å². The van der Waals surface area contributed by atoms with Crippen LogP contribution in [0.3, 0.4) is 0 Å². The average molecular weight is 499 g/mol. The van der Waals surface area contributed by atoms with Gasteiger partial charge in [0.05, 0.1) is 12.7 Å². The number of nitrogens with one attached hydrogen (secondary N) is 2. The maximum atomic E-state index is 13.1. The number of ketones is 1. The number of carbonyl (C=O) groups excluding carboxylic acids is 2. The normalized spacial score (nSPS) is 15.7. The Morgan fingerprint density at radius 3 is 2.44 bits per heavy atom. The van der Waals surface area contributed by atoms with Gasteiger partial charge in [-0.05, 0) is 75.2 Å². The van der Waals surface area contributed by atoms with E-state index in [-0.39, 0.29) is 22.8 Å². The van der Waals surface area contributed by atoms with Crippen molar-refractivity contribution in [2.24, 2.45) is 0 Å². The summed E-state index contributed by atoms with van der Waals surface area (Å²) in [5.41, 5.74) is 2.35. The van der Waals surface area contributed by atoms with E-state index in [1.54, 1.807) is 7.11 Å². The molecular formula is C27H25F3N2O4. The molecule has 0 aliphatic carbocycles. The fraction of sp³-hybridized carbons (Fsp3) is 0.259. The van der Waals surface area contributed by atoms with Crippen LogP contribution in [0.15, 0.2) is 59.0 Å². The Balaban J connectivity index is 1.55. The molecule has 0 fully saturated rings. The number of methoxy groups -OCH3 is 1. The molecule has 0 saturated carbocycles. The number of hydrogen-bond acceptors (Lipinski definition) is 5. The van der Waals surface area contributed by atoms with Gasteiger partial charge in [-0.1, -0.05) is 6.07 Å². The van der Waals surface area contributed by atoms with Gasteiger partial charge in [0.1, 0.15) is 11.5 Å². The van der Waals surface area contributed by atoms with Gasteiger partial charge < -0.3 is 19.8 Å². The van der Waals surface area contributed by atoms with E-state index < -0.39 is 23.4 Å². The van der Waals surface area contributed by atoms with Crippen molar-refractivity contribution >= 4 is 23.1 Å². The quantitative estimate of drug-likeness (QED) is 0.332. The molecule has 0 bridgehead atoms. The van der Waals surface area contributed by atoms with Crippen molar-refractivity contribution in [3.63, 3.8) is 0 Å². The minimum atomic E-state index is -4.80. The van der Waals surface area contributed by atoms with Crippen LogP contribution < -0.4 is 15.4 Å². The number of carbonyl (C=O) groups is 2. The molecule has 1 aromatic heterocycles. The van der Waals surface area contributed by atoms with Gasteiger partial charge in [0, 0.05) is 34.1 Å². The third-order valence-electron chi connectivity index (χ3n) is 5.77. The van der Waals surface area contributed by atoms with Crippen molar-refractivity contribution in [2.75, 3.05) is 12.4 Å². The summed E-state index contributed by atoms with van der Waals surface area (Å²) in [7, 11) is 1.58. The molecule has 0 saturated heterocycles. The molecule has 2 N–H and O–H groups in total. The highest BCUT2D eigenvalue weighted by molar-refractivity contribution is 6.09. The SMILES string of the molecule is COc1ccc2c(c1)C(=CC(=O)c1ccc(NC(=O)c3cc(C)oc3C(F)(F)F)cc1)NC(C)(C)C2. The molecule has 9 heteroatoms. The van der Waals surface area contributed by atoms with Crippen LogP contribution in [0.25, 0.3) is 5.70 Å². The summed E-state index contributed by atoms with van der Waals surface area (Å²) in [6, 6.07) is 12.7. The molecule has 0 radical (unpaired) electrons. The number of benzene rings is 2. The lowest BCUT2D eigenvalue weighted by atomic mass is 9.85. The number of aryl methyl sites for hydroxylation is 1. The van der Waals surface area contributed by atoms with Crippen LogP contribution >= 0.6 is 0 Å². The first-order valence-corrected chi connectivity index (χ1v) is 11.2. The van der Waals surface area contributed by atoms with E-state index in [1.165, 1.54) is 37.3 Å². The van der Waals surface area contributed by atoms with Crippen molar-refractivity contribution in [1.29, 1.82) is 0 Å². The van der Waals surface area contributed by atoms with Crippen LogP contribution in [0.1, 0.15) is 57.2 Å². The summed E-state index contributed by atoms with van der Waals surface area (Å²) in [6.07, 6.45) is -2.51. The first-order valence-electron chi connectivity index (χ1n) is 11.2. The monoisotopic (exact) mass is 498 g/mol. The summed E-state index contributed by atoms with van der Waals surface area (Å²) in [5, 5.41) is 5.82. The van der Waals surface area contributed by atoms with Gasteiger partial charge in [0.15, 0.2) is 5.78 Å². The Hall–Kier alpha value is -4.01. The number of halogens is 3. The smallest absolute Gasteiger partial charge is 0.450 e. The topological polar surface area (TPSA) is 80.6 Å². The number of anilines is 1. The lowest BCUT2D eigenvalue weighted by molar-refractivity contribution is -0.153. The van der Waals surface area contributed by atoms with E-state index in [0.717, 1.165) is 23.6 Å². The van der Waals surface area contributed by atoms with Crippen molar-refractivity contribution in [3.05, 3.63) is 88.4 Å². The van der Waals surface area contributed by atoms with Crippen molar-refractivity contribution < 1.29 is 31.9 Å². The largest absolute Gasteiger partial charge is 0.497 e. The van der Waals surface area contributed by atoms with Crippen LogP contribution in [-0.2, 0) is 12.6 Å². The van der Waals surface area contributed by atoms with E-state index in [1.807, 2.05) is 32.0 Å². The van der Waals surface area contributed by atoms with Crippen molar-refractivity contribution in [3.8, 4) is 5.75 Å². The van der Waals surface area contributed by atoms with Gasteiger partial charge in [0.25, 0.3) is 5.91 Å². The van der Waals surface area contributed by atoms with Gasteiger partial charge in [0.2, 0.25) is 5.76 Å². The molecule has 36 heavy (non-hydrogen) atoms. The number of amides is 1. The third-order valence-corrected chi connectivity index (χ3v) is 5.77. The van der Waals surface area contributed by atoms with E-state index in [9.17, 15) is 22.8 Å². The zero-order valence-corrected chi connectivity index (χ0v) is 20.2. The molecule has 2 heterocycles. The molecule has 0 spiro atoms. The first-order chi connectivity index (χ1) is 16.9. The molecule has 1 aliphatic heterocycles. The van der Waals surface area contributed by atoms with Gasteiger partial charge in [-0.25, -0.2) is 0 Å². The minimum absolute atomic E-state index is 0.0276. The molecule has 2 aromatic carbocycles. The lowest BCUT2D eigenvalue weighted by Crippen LogP contribution is -2.43. The maximum absolute atomic E-state index is 13.1. The van der Waals surface area contributed by atoms with Crippen LogP contribution in [0.5, 0.6) is 5.75 Å². The standard InChI is InChI=1S/C27H25F3N2O4/c1-15-11-21(24(36-15)27(28,29)30)25(34)31-18-8-5-16(6-9-18)23(33)13-22-20-12-19(35-4)10-7-17(20)14-26(2,3)32-22/h5-13,32H,14H2,1-4H3,(H,31,34). The fourth-order valence-corrected chi connectivity index (χ4v) is 4.18. The summed E-state index contributed by atoms with van der Waals surface area (Å²) < 4.78 is 49.4. The fourth-order valence-electron chi connectivity index (χ4n) is 4.18. The zero-order valence-electron chi connectivity index (χ0n) is 20.2. The zero-order chi connectivity index (χ0) is 26.3.